The standard InChI is InChI=1S/C24H24ClFN6OS/c1-24(2,3)22-28-12-21(34-22)20(33)6-5-14-9-18(26)16(10-17(14)25)19-7-8-27-23(31-19)30-15-11-29-32(4)13-15/h7-13H,5-6H2,1-4H3,(H,27,30,31). The Morgan fingerprint density at radius 3 is 2.71 bits per heavy atom. The van der Waals surface area contributed by atoms with Crippen LogP contribution in [-0.4, -0.2) is 30.5 Å². The fourth-order valence-corrected chi connectivity index (χ4v) is 4.48. The number of hydrogen-bond acceptors (Lipinski definition) is 7. The van der Waals surface area contributed by atoms with Crippen molar-refractivity contribution in [2.45, 2.75) is 39.0 Å². The molecule has 34 heavy (non-hydrogen) atoms. The molecule has 0 aliphatic heterocycles. The van der Waals surface area contributed by atoms with Crippen LogP contribution in [0.5, 0.6) is 0 Å². The fourth-order valence-electron chi connectivity index (χ4n) is 3.28. The molecule has 0 saturated heterocycles. The molecule has 0 aliphatic rings. The number of ketones is 1. The Morgan fingerprint density at radius 1 is 1.24 bits per heavy atom. The summed E-state index contributed by atoms with van der Waals surface area (Å²) in [5, 5.41) is 8.41. The van der Waals surface area contributed by atoms with Gasteiger partial charge in [-0.1, -0.05) is 32.4 Å². The van der Waals surface area contributed by atoms with Gasteiger partial charge in [0.15, 0.2) is 5.78 Å². The molecular formula is C24H24ClFN6OS. The highest BCUT2D eigenvalue weighted by molar-refractivity contribution is 7.13. The van der Waals surface area contributed by atoms with E-state index in [4.69, 9.17) is 11.6 Å². The number of rotatable bonds is 7. The lowest BCUT2D eigenvalue weighted by Gasteiger charge is -2.13. The van der Waals surface area contributed by atoms with Crippen molar-refractivity contribution in [3.63, 3.8) is 0 Å². The van der Waals surface area contributed by atoms with E-state index in [0.717, 1.165) is 5.01 Å². The first-order valence-electron chi connectivity index (χ1n) is 10.7. The summed E-state index contributed by atoms with van der Waals surface area (Å²) in [7, 11) is 1.80. The normalized spacial score (nSPS) is 11.6. The Hall–Kier alpha value is -3.17. The van der Waals surface area contributed by atoms with Crippen LogP contribution in [0.15, 0.2) is 43.0 Å². The third-order valence-corrected chi connectivity index (χ3v) is 6.89. The number of aromatic nitrogens is 5. The zero-order valence-electron chi connectivity index (χ0n) is 19.3. The monoisotopic (exact) mass is 498 g/mol. The number of anilines is 2. The van der Waals surface area contributed by atoms with Crippen molar-refractivity contribution in [2.75, 3.05) is 5.32 Å². The van der Waals surface area contributed by atoms with Crippen molar-refractivity contribution in [3.05, 3.63) is 69.3 Å². The molecule has 0 unspecified atom stereocenters. The molecule has 10 heteroatoms. The average molecular weight is 499 g/mol. The van der Waals surface area contributed by atoms with E-state index in [-0.39, 0.29) is 23.2 Å². The zero-order chi connectivity index (χ0) is 24.5. The summed E-state index contributed by atoms with van der Waals surface area (Å²) in [6.45, 7) is 6.17. The highest BCUT2D eigenvalue weighted by Crippen LogP contribution is 2.31. The van der Waals surface area contributed by atoms with E-state index in [1.54, 1.807) is 42.6 Å². The largest absolute Gasteiger partial charge is 0.321 e. The van der Waals surface area contributed by atoms with E-state index in [9.17, 15) is 4.79 Å². The van der Waals surface area contributed by atoms with Gasteiger partial charge in [-0.15, -0.1) is 11.3 Å². The number of halogens is 2. The third-order valence-electron chi connectivity index (χ3n) is 5.07. The molecule has 3 aromatic heterocycles. The minimum absolute atomic E-state index is 0.0320. The number of Topliss-reactive ketones (excluding diaryl/α,β-unsaturated/α-hetero) is 1. The van der Waals surface area contributed by atoms with Crippen LogP contribution in [0.25, 0.3) is 11.3 Å². The highest BCUT2D eigenvalue weighted by atomic mass is 35.5. The Morgan fingerprint density at radius 2 is 2.03 bits per heavy atom. The van der Waals surface area contributed by atoms with Crippen LogP contribution in [0.1, 0.15) is 47.4 Å². The molecule has 0 atom stereocenters. The van der Waals surface area contributed by atoms with Crippen molar-refractivity contribution in [1.82, 2.24) is 24.7 Å². The maximum Gasteiger partial charge on any atom is 0.227 e. The fraction of sp³-hybridized carbons (Fsp3) is 0.292. The number of benzene rings is 1. The molecule has 4 aromatic rings. The maximum atomic E-state index is 15.0. The molecule has 0 bridgehead atoms. The van der Waals surface area contributed by atoms with Gasteiger partial charge < -0.3 is 5.32 Å². The SMILES string of the molecule is Cn1cc(Nc2nccc(-c3cc(Cl)c(CCC(=O)c4cnc(C(C)(C)C)s4)cc3F)n2)cn1. The molecule has 0 spiro atoms. The van der Waals surface area contributed by atoms with Gasteiger partial charge >= 0.3 is 0 Å². The summed E-state index contributed by atoms with van der Waals surface area (Å²) in [5.74, 6) is -0.184. The third kappa shape index (κ3) is 5.48. The van der Waals surface area contributed by atoms with E-state index >= 15 is 4.39 Å². The molecule has 0 aliphatic carbocycles. The van der Waals surface area contributed by atoms with Crippen LogP contribution in [-0.2, 0) is 18.9 Å². The highest BCUT2D eigenvalue weighted by Gasteiger charge is 2.21. The van der Waals surface area contributed by atoms with Crippen LogP contribution < -0.4 is 5.32 Å². The van der Waals surface area contributed by atoms with Gasteiger partial charge in [0.05, 0.1) is 27.5 Å². The van der Waals surface area contributed by atoms with E-state index in [1.807, 2.05) is 0 Å². The molecular weight excluding hydrogens is 475 g/mol. The first-order chi connectivity index (χ1) is 16.1. The van der Waals surface area contributed by atoms with E-state index in [1.165, 1.54) is 23.5 Å². The molecule has 0 saturated carbocycles. The molecule has 176 valence electrons. The van der Waals surface area contributed by atoms with Crippen LogP contribution >= 0.6 is 22.9 Å². The molecule has 1 aromatic carbocycles. The maximum absolute atomic E-state index is 15.0. The zero-order valence-corrected chi connectivity index (χ0v) is 20.8. The summed E-state index contributed by atoms with van der Waals surface area (Å²) in [6.07, 6.45) is 7.12. The molecule has 7 nitrogen and oxygen atoms in total. The van der Waals surface area contributed by atoms with Crippen molar-refractivity contribution >= 4 is 40.4 Å². The predicted octanol–water partition coefficient (Wildman–Crippen LogP) is 5.98. The summed E-state index contributed by atoms with van der Waals surface area (Å²) in [6, 6.07) is 4.52. The molecule has 0 fully saturated rings. The number of aryl methyl sites for hydroxylation is 2. The van der Waals surface area contributed by atoms with Crippen molar-refractivity contribution < 1.29 is 9.18 Å². The smallest absolute Gasteiger partial charge is 0.227 e. The van der Waals surface area contributed by atoms with E-state index in [0.29, 0.717) is 39.2 Å². The number of nitrogens with zero attached hydrogens (tertiary/aromatic N) is 5. The second-order valence-corrected chi connectivity index (χ2v) is 10.4. The first-order valence-corrected chi connectivity index (χ1v) is 11.9. The predicted molar refractivity (Wildman–Crippen MR) is 132 cm³/mol. The molecule has 1 N–H and O–H groups in total. The molecule has 0 radical (unpaired) electrons. The lowest BCUT2D eigenvalue weighted by Crippen LogP contribution is -2.09. The van der Waals surface area contributed by atoms with Crippen LogP contribution in [0.2, 0.25) is 5.02 Å². The second-order valence-electron chi connectivity index (χ2n) is 8.92. The van der Waals surface area contributed by atoms with E-state index in [2.05, 4.69) is 46.1 Å². The lowest BCUT2D eigenvalue weighted by atomic mass is 9.98. The van der Waals surface area contributed by atoms with Gasteiger partial charge in [0, 0.05) is 48.1 Å². The number of hydrogen-bond donors (Lipinski definition) is 1. The van der Waals surface area contributed by atoms with Crippen LogP contribution in [0.3, 0.4) is 0 Å². The summed E-state index contributed by atoms with van der Waals surface area (Å²) < 4.78 is 16.7. The van der Waals surface area contributed by atoms with Gasteiger partial charge in [-0.25, -0.2) is 19.3 Å². The number of thiazole rings is 1. The average Bonchev–Trinajstić information content (AvgIpc) is 3.43. The van der Waals surface area contributed by atoms with E-state index < -0.39 is 5.82 Å². The van der Waals surface area contributed by atoms with Crippen molar-refractivity contribution in [2.24, 2.45) is 7.05 Å². The molecule has 3 heterocycles. The van der Waals surface area contributed by atoms with Crippen LogP contribution in [0, 0.1) is 5.82 Å². The topological polar surface area (TPSA) is 85.6 Å². The Bertz CT molecular complexity index is 1340. The lowest BCUT2D eigenvalue weighted by molar-refractivity contribution is 0.0986. The first kappa shape index (κ1) is 24.0. The molecule has 4 rings (SSSR count). The van der Waals surface area contributed by atoms with Crippen molar-refractivity contribution in [1.29, 1.82) is 0 Å². The van der Waals surface area contributed by atoms with Crippen LogP contribution in [0.4, 0.5) is 16.0 Å². The summed E-state index contributed by atoms with van der Waals surface area (Å²) >= 11 is 7.86. The number of nitrogens with one attached hydrogen (secondary N) is 1. The Labute approximate surface area is 206 Å². The van der Waals surface area contributed by atoms with Gasteiger partial charge in [-0.05, 0) is 30.2 Å². The van der Waals surface area contributed by atoms with Gasteiger partial charge in [-0.2, -0.15) is 5.10 Å². The number of carbonyl (C=O) groups is 1. The van der Waals surface area contributed by atoms with Gasteiger partial charge in [0.1, 0.15) is 5.82 Å². The second kappa shape index (κ2) is 9.60. The van der Waals surface area contributed by atoms with Gasteiger partial charge in [-0.3, -0.25) is 9.48 Å². The number of carbonyl (C=O) groups excluding carboxylic acids is 1. The minimum atomic E-state index is -0.467. The molecule has 0 amide bonds. The summed E-state index contributed by atoms with van der Waals surface area (Å²) in [5.41, 5.74) is 1.82. The Kier molecular flexibility index (Phi) is 6.77. The van der Waals surface area contributed by atoms with Crippen molar-refractivity contribution in [3.8, 4) is 11.3 Å². The Balaban J connectivity index is 1.48. The van der Waals surface area contributed by atoms with Gasteiger partial charge in [0.25, 0.3) is 0 Å². The quantitative estimate of drug-likeness (QED) is 0.315. The minimum Gasteiger partial charge on any atom is -0.321 e. The van der Waals surface area contributed by atoms with Gasteiger partial charge in [0.2, 0.25) is 5.95 Å². The summed E-state index contributed by atoms with van der Waals surface area (Å²) in [4.78, 5) is 26.2.